The average Bonchev–Trinajstić information content (AvgIpc) is 2.55. The van der Waals surface area contributed by atoms with E-state index >= 15 is 0 Å². The van der Waals surface area contributed by atoms with Gasteiger partial charge in [-0.25, -0.2) is 4.98 Å². The van der Waals surface area contributed by atoms with Gasteiger partial charge in [-0.05, 0) is 24.1 Å². The molecule has 0 aliphatic carbocycles. The number of benzene rings is 1. The zero-order chi connectivity index (χ0) is 10.8. The van der Waals surface area contributed by atoms with Gasteiger partial charge < -0.3 is 15.4 Å². The first-order valence-corrected chi connectivity index (χ1v) is 5.11. The van der Waals surface area contributed by atoms with Gasteiger partial charge in [0, 0.05) is 6.54 Å². The number of anilines is 1. The zero-order valence-corrected chi connectivity index (χ0v) is 8.77. The Morgan fingerprint density at radius 3 is 2.93 bits per heavy atom. The van der Waals surface area contributed by atoms with E-state index in [1.807, 2.05) is 22.8 Å². The van der Waals surface area contributed by atoms with Crippen molar-refractivity contribution in [2.45, 2.75) is 26.5 Å². The molecule has 1 aromatic carbocycles. The Morgan fingerprint density at radius 2 is 2.27 bits per heavy atom. The number of nitrogens with two attached hydrogens (primary N) is 1. The third-order valence-corrected chi connectivity index (χ3v) is 2.47. The smallest absolute Gasteiger partial charge is 0.201 e. The number of hydrogen-bond donors (Lipinski definition) is 2. The van der Waals surface area contributed by atoms with Crippen molar-refractivity contribution in [1.82, 2.24) is 9.55 Å². The first kappa shape index (κ1) is 9.98. The normalized spacial score (nSPS) is 11.1. The molecule has 0 radical (unpaired) electrons. The van der Waals surface area contributed by atoms with Crippen molar-refractivity contribution < 1.29 is 5.11 Å². The quantitative estimate of drug-likeness (QED) is 0.798. The molecule has 0 aliphatic rings. The fourth-order valence-corrected chi connectivity index (χ4v) is 1.74. The summed E-state index contributed by atoms with van der Waals surface area (Å²) in [4.78, 5) is 4.27. The Kier molecular flexibility index (Phi) is 2.60. The Balaban J connectivity index is 2.61. The molecule has 2 rings (SSSR count). The second-order valence-corrected chi connectivity index (χ2v) is 3.60. The van der Waals surface area contributed by atoms with Crippen molar-refractivity contribution in [3.8, 4) is 0 Å². The molecule has 0 atom stereocenters. The Labute approximate surface area is 88.3 Å². The van der Waals surface area contributed by atoms with Crippen molar-refractivity contribution >= 4 is 17.0 Å². The number of rotatable bonds is 3. The van der Waals surface area contributed by atoms with Crippen molar-refractivity contribution in [1.29, 1.82) is 0 Å². The molecule has 1 heterocycles. The van der Waals surface area contributed by atoms with Gasteiger partial charge in [0.25, 0.3) is 0 Å². The van der Waals surface area contributed by atoms with Gasteiger partial charge in [-0.2, -0.15) is 0 Å². The van der Waals surface area contributed by atoms with Crippen LogP contribution in [0.4, 0.5) is 5.95 Å². The van der Waals surface area contributed by atoms with Gasteiger partial charge >= 0.3 is 0 Å². The van der Waals surface area contributed by atoms with Gasteiger partial charge in [-0.1, -0.05) is 13.0 Å². The molecule has 0 saturated heterocycles. The summed E-state index contributed by atoms with van der Waals surface area (Å²) in [5.74, 6) is 0.543. The highest BCUT2D eigenvalue weighted by Gasteiger charge is 2.07. The molecule has 0 bridgehead atoms. The molecule has 80 valence electrons. The number of aryl methyl sites for hydroxylation is 1. The lowest BCUT2D eigenvalue weighted by atomic mass is 10.2. The van der Waals surface area contributed by atoms with Crippen LogP contribution in [0.5, 0.6) is 0 Å². The van der Waals surface area contributed by atoms with Gasteiger partial charge in [0.2, 0.25) is 5.95 Å². The van der Waals surface area contributed by atoms with E-state index in [4.69, 9.17) is 10.8 Å². The number of fused-ring (bicyclic) bond motifs is 1. The summed E-state index contributed by atoms with van der Waals surface area (Å²) in [6.07, 6.45) is 1.01. The van der Waals surface area contributed by atoms with Crippen molar-refractivity contribution in [3.63, 3.8) is 0 Å². The summed E-state index contributed by atoms with van der Waals surface area (Å²) in [6, 6.07) is 5.70. The van der Waals surface area contributed by atoms with Gasteiger partial charge in [0.15, 0.2) is 0 Å². The van der Waals surface area contributed by atoms with E-state index in [0.717, 1.165) is 29.6 Å². The Hall–Kier alpha value is -1.55. The largest absolute Gasteiger partial charge is 0.392 e. The fourth-order valence-electron chi connectivity index (χ4n) is 1.74. The van der Waals surface area contributed by atoms with E-state index in [0.29, 0.717) is 5.95 Å². The lowest BCUT2D eigenvalue weighted by Crippen LogP contribution is -2.02. The second-order valence-electron chi connectivity index (χ2n) is 3.60. The fraction of sp³-hybridized carbons (Fsp3) is 0.364. The van der Waals surface area contributed by atoms with E-state index in [2.05, 4.69) is 11.9 Å². The number of imidazole rings is 1. The standard InChI is InChI=1S/C11H15N3O/c1-2-5-14-10-6-8(7-15)3-4-9(10)13-11(14)12/h3-4,6,15H,2,5,7H2,1H3,(H2,12,13). The highest BCUT2D eigenvalue weighted by molar-refractivity contribution is 5.79. The van der Waals surface area contributed by atoms with Crippen LogP contribution < -0.4 is 5.73 Å². The molecular formula is C11H15N3O. The molecule has 0 unspecified atom stereocenters. The Morgan fingerprint density at radius 1 is 1.47 bits per heavy atom. The summed E-state index contributed by atoms with van der Waals surface area (Å²) in [5, 5.41) is 9.06. The maximum absolute atomic E-state index is 9.06. The van der Waals surface area contributed by atoms with Crippen LogP contribution in [0.25, 0.3) is 11.0 Å². The molecule has 2 aromatic rings. The first-order valence-electron chi connectivity index (χ1n) is 5.11. The monoisotopic (exact) mass is 205 g/mol. The van der Waals surface area contributed by atoms with Crippen molar-refractivity contribution in [2.24, 2.45) is 0 Å². The SMILES string of the molecule is CCCn1c(N)nc2ccc(CO)cc21. The number of aliphatic hydroxyl groups excluding tert-OH is 1. The van der Waals surface area contributed by atoms with Crippen LogP contribution in [0.1, 0.15) is 18.9 Å². The lowest BCUT2D eigenvalue weighted by Gasteiger charge is -2.04. The average molecular weight is 205 g/mol. The number of aromatic nitrogens is 2. The van der Waals surface area contributed by atoms with Crippen LogP contribution in [0.2, 0.25) is 0 Å². The van der Waals surface area contributed by atoms with Crippen LogP contribution in [-0.2, 0) is 13.2 Å². The molecule has 4 nitrogen and oxygen atoms in total. The molecule has 0 fully saturated rings. The molecule has 0 saturated carbocycles. The predicted octanol–water partition coefficient (Wildman–Crippen LogP) is 1.52. The van der Waals surface area contributed by atoms with Crippen molar-refractivity contribution in [3.05, 3.63) is 23.8 Å². The molecular weight excluding hydrogens is 190 g/mol. The molecule has 4 heteroatoms. The number of nitrogen functional groups attached to an aromatic ring is 1. The summed E-state index contributed by atoms with van der Waals surface area (Å²) in [5.41, 5.74) is 8.60. The molecule has 1 aromatic heterocycles. The van der Waals surface area contributed by atoms with Crippen LogP contribution in [0, 0.1) is 0 Å². The molecule has 15 heavy (non-hydrogen) atoms. The van der Waals surface area contributed by atoms with Gasteiger partial charge in [0.05, 0.1) is 17.6 Å². The van der Waals surface area contributed by atoms with Gasteiger partial charge in [0.1, 0.15) is 0 Å². The maximum Gasteiger partial charge on any atom is 0.201 e. The van der Waals surface area contributed by atoms with Crippen LogP contribution in [0.15, 0.2) is 18.2 Å². The zero-order valence-electron chi connectivity index (χ0n) is 8.77. The third-order valence-electron chi connectivity index (χ3n) is 2.47. The first-order chi connectivity index (χ1) is 7.26. The van der Waals surface area contributed by atoms with E-state index < -0.39 is 0 Å². The van der Waals surface area contributed by atoms with E-state index in [9.17, 15) is 0 Å². The predicted molar refractivity (Wildman–Crippen MR) is 60.4 cm³/mol. The topological polar surface area (TPSA) is 64.1 Å². The van der Waals surface area contributed by atoms with Crippen LogP contribution in [-0.4, -0.2) is 14.7 Å². The molecule has 0 spiro atoms. The summed E-state index contributed by atoms with van der Waals surface area (Å²) >= 11 is 0. The summed E-state index contributed by atoms with van der Waals surface area (Å²) in [7, 11) is 0. The van der Waals surface area contributed by atoms with E-state index in [1.54, 1.807) is 0 Å². The molecule has 0 amide bonds. The lowest BCUT2D eigenvalue weighted by molar-refractivity contribution is 0.282. The molecule has 0 aliphatic heterocycles. The van der Waals surface area contributed by atoms with Crippen LogP contribution >= 0.6 is 0 Å². The summed E-state index contributed by atoms with van der Waals surface area (Å²) in [6.45, 7) is 3.01. The number of aliphatic hydroxyl groups is 1. The minimum atomic E-state index is 0.0488. The van der Waals surface area contributed by atoms with Gasteiger partial charge in [-0.15, -0.1) is 0 Å². The number of nitrogens with zero attached hydrogens (tertiary/aromatic N) is 2. The number of hydrogen-bond acceptors (Lipinski definition) is 3. The summed E-state index contributed by atoms with van der Waals surface area (Å²) < 4.78 is 1.98. The minimum Gasteiger partial charge on any atom is -0.392 e. The highest BCUT2D eigenvalue weighted by atomic mass is 16.3. The highest BCUT2D eigenvalue weighted by Crippen LogP contribution is 2.19. The van der Waals surface area contributed by atoms with Gasteiger partial charge in [-0.3, -0.25) is 0 Å². The minimum absolute atomic E-state index is 0.0488. The third kappa shape index (κ3) is 1.68. The van der Waals surface area contributed by atoms with Crippen LogP contribution in [0.3, 0.4) is 0 Å². The maximum atomic E-state index is 9.06. The van der Waals surface area contributed by atoms with Crippen molar-refractivity contribution in [2.75, 3.05) is 5.73 Å². The Bertz CT molecular complexity index is 476. The molecule has 3 N–H and O–H groups in total. The van der Waals surface area contributed by atoms with E-state index in [1.165, 1.54) is 0 Å². The second kappa shape index (κ2) is 3.90. The van der Waals surface area contributed by atoms with E-state index in [-0.39, 0.29) is 6.61 Å².